The molecule has 9 nitrogen and oxygen atoms in total. The van der Waals surface area contributed by atoms with Crippen LogP contribution in [-0.4, -0.2) is 31.3 Å². The number of aryl methyl sites for hydroxylation is 1. The molecule has 10 heteroatoms. The van der Waals surface area contributed by atoms with Crippen LogP contribution in [0.25, 0.3) is 11.5 Å². The maximum Gasteiger partial charge on any atom is 0.342 e. The van der Waals surface area contributed by atoms with Crippen molar-refractivity contribution in [2.45, 2.75) is 20.1 Å². The molecule has 25 heavy (non-hydrogen) atoms. The van der Waals surface area contributed by atoms with E-state index in [1.807, 2.05) is 12.1 Å². The summed E-state index contributed by atoms with van der Waals surface area (Å²) in [5.41, 5.74) is 0.646. The standard InChI is InChI=1S/C15H14ClN5O4/c1-10-17-8-14(21(22)23)20(10)6-7-24-9-13-18-19-15(25-13)11-4-2-3-5-12(11)16/h2-5,8H,6-7,9H2,1H3. The van der Waals surface area contributed by atoms with Gasteiger partial charge in [0.05, 0.1) is 17.2 Å². The molecular formula is C15H14ClN5O4. The molecule has 0 atom stereocenters. The van der Waals surface area contributed by atoms with Crippen molar-refractivity contribution in [1.82, 2.24) is 19.7 Å². The molecule has 0 N–H and O–H groups in total. The number of rotatable bonds is 7. The highest BCUT2D eigenvalue weighted by molar-refractivity contribution is 6.33. The maximum absolute atomic E-state index is 10.9. The van der Waals surface area contributed by atoms with Crippen LogP contribution in [0.15, 0.2) is 34.9 Å². The molecule has 0 radical (unpaired) electrons. The Labute approximate surface area is 147 Å². The van der Waals surface area contributed by atoms with Gasteiger partial charge < -0.3 is 19.3 Å². The van der Waals surface area contributed by atoms with Crippen molar-refractivity contribution in [1.29, 1.82) is 0 Å². The van der Waals surface area contributed by atoms with Gasteiger partial charge in [0.15, 0.2) is 5.82 Å². The van der Waals surface area contributed by atoms with E-state index in [0.717, 1.165) is 0 Å². The van der Waals surface area contributed by atoms with Gasteiger partial charge in [-0.05, 0) is 17.1 Å². The summed E-state index contributed by atoms with van der Waals surface area (Å²) in [7, 11) is 0. The molecule has 0 saturated heterocycles. The molecule has 0 amide bonds. The lowest BCUT2D eigenvalue weighted by atomic mass is 10.2. The third-order valence-electron chi connectivity index (χ3n) is 3.48. The summed E-state index contributed by atoms with van der Waals surface area (Å²) in [6.45, 7) is 2.33. The van der Waals surface area contributed by atoms with Crippen LogP contribution < -0.4 is 0 Å². The predicted octanol–water partition coefficient (Wildman–Crippen LogP) is 3.02. The summed E-state index contributed by atoms with van der Waals surface area (Å²) >= 11 is 6.08. The number of hydrogen-bond acceptors (Lipinski definition) is 7. The van der Waals surface area contributed by atoms with E-state index in [2.05, 4.69) is 15.2 Å². The number of aromatic nitrogens is 4. The second-order valence-corrected chi connectivity index (χ2v) is 5.51. The van der Waals surface area contributed by atoms with E-state index in [9.17, 15) is 10.1 Å². The molecule has 0 spiro atoms. The zero-order valence-electron chi connectivity index (χ0n) is 13.3. The third-order valence-corrected chi connectivity index (χ3v) is 3.81. The van der Waals surface area contributed by atoms with Crippen molar-refractivity contribution in [3.05, 3.63) is 57.3 Å². The van der Waals surface area contributed by atoms with Gasteiger partial charge in [0.1, 0.15) is 19.3 Å². The van der Waals surface area contributed by atoms with Gasteiger partial charge in [0.2, 0.25) is 11.8 Å². The van der Waals surface area contributed by atoms with Crippen LogP contribution in [0.2, 0.25) is 5.02 Å². The molecule has 0 bridgehead atoms. The molecule has 0 saturated carbocycles. The van der Waals surface area contributed by atoms with Crippen molar-refractivity contribution in [3.63, 3.8) is 0 Å². The summed E-state index contributed by atoms with van der Waals surface area (Å²) in [5.74, 6) is 1.09. The highest BCUT2D eigenvalue weighted by Gasteiger charge is 2.17. The Morgan fingerprint density at radius 2 is 2.16 bits per heavy atom. The van der Waals surface area contributed by atoms with Crippen molar-refractivity contribution in [2.24, 2.45) is 0 Å². The van der Waals surface area contributed by atoms with Crippen LogP contribution in [-0.2, 0) is 17.9 Å². The Kier molecular flexibility index (Phi) is 5.05. The van der Waals surface area contributed by atoms with Crippen molar-refractivity contribution in [3.8, 4) is 11.5 Å². The Balaban J connectivity index is 1.56. The quantitative estimate of drug-likeness (QED) is 0.360. The van der Waals surface area contributed by atoms with Crippen LogP contribution in [0, 0.1) is 17.0 Å². The Hall–Kier alpha value is -2.78. The van der Waals surface area contributed by atoms with Gasteiger partial charge in [-0.15, -0.1) is 10.2 Å². The summed E-state index contributed by atoms with van der Waals surface area (Å²) in [5, 5.41) is 19.3. The van der Waals surface area contributed by atoms with Crippen molar-refractivity contribution >= 4 is 17.4 Å². The number of benzene rings is 1. The zero-order chi connectivity index (χ0) is 17.8. The van der Waals surface area contributed by atoms with Gasteiger partial charge in [0, 0.05) is 6.92 Å². The molecule has 3 rings (SSSR count). The molecule has 2 heterocycles. The molecule has 0 aliphatic carbocycles. The van der Waals surface area contributed by atoms with Crippen LogP contribution in [0.5, 0.6) is 0 Å². The van der Waals surface area contributed by atoms with Gasteiger partial charge in [-0.1, -0.05) is 23.7 Å². The fourth-order valence-electron chi connectivity index (χ4n) is 2.25. The zero-order valence-corrected chi connectivity index (χ0v) is 14.0. The van der Waals surface area contributed by atoms with E-state index in [4.69, 9.17) is 20.8 Å². The largest absolute Gasteiger partial charge is 0.418 e. The minimum atomic E-state index is -0.478. The fourth-order valence-corrected chi connectivity index (χ4v) is 2.47. The average Bonchev–Trinajstić information content (AvgIpc) is 3.19. The predicted molar refractivity (Wildman–Crippen MR) is 88.0 cm³/mol. The van der Waals surface area contributed by atoms with E-state index in [1.54, 1.807) is 19.1 Å². The Morgan fingerprint density at radius 3 is 2.92 bits per heavy atom. The lowest BCUT2D eigenvalue weighted by Crippen LogP contribution is -2.10. The van der Waals surface area contributed by atoms with Gasteiger partial charge in [0.25, 0.3) is 0 Å². The Bertz CT molecular complexity index is 892. The fraction of sp³-hybridized carbons (Fsp3) is 0.267. The van der Waals surface area contributed by atoms with Gasteiger partial charge in [-0.25, -0.2) is 9.55 Å². The van der Waals surface area contributed by atoms with Crippen LogP contribution in [0.4, 0.5) is 5.82 Å². The summed E-state index contributed by atoms with van der Waals surface area (Å²) in [4.78, 5) is 14.4. The number of nitrogens with zero attached hydrogens (tertiary/aromatic N) is 5. The van der Waals surface area contributed by atoms with E-state index in [0.29, 0.717) is 34.7 Å². The molecule has 0 fully saturated rings. The molecule has 1 aromatic carbocycles. The first-order valence-electron chi connectivity index (χ1n) is 7.38. The number of nitro groups is 1. The first kappa shape index (κ1) is 17.1. The van der Waals surface area contributed by atoms with Crippen molar-refractivity contribution < 1.29 is 14.1 Å². The van der Waals surface area contributed by atoms with E-state index in [1.165, 1.54) is 10.8 Å². The molecule has 0 aliphatic rings. The first-order chi connectivity index (χ1) is 12.1. The first-order valence-corrected chi connectivity index (χ1v) is 7.75. The molecule has 0 unspecified atom stereocenters. The van der Waals surface area contributed by atoms with Crippen LogP contribution in [0.1, 0.15) is 11.7 Å². The van der Waals surface area contributed by atoms with Crippen molar-refractivity contribution in [2.75, 3.05) is 6.61 Å². The minimum Gasteiger partial charge on any atom is -0.418 e. The molecule has 0 aliphatic heterocycles. The smallest absolute Gasteiger partial charge is 0.342 e. The summed E-state index contributed by atoms with van der Waals surface area (Å²) < 4.78 is 12.5. The van der Waals surface area contributed by atoms with Gasteiger partial charge in [-0.3, -0.25) is 0 Å². The maximum atomic E-state index is 10.9. The lowest BCUT2D eigenvalue weighted by Gasteiger charge is -2.03. The SMILES string of the molecule is Cc1ncc([N+](=O)[O-])n1CCOCc1nnc(-c2ccccc2Cl)o1. The Morgan fingerprint density at radius 1 is 1.36 bits per heavy atom. The average molecular weight is 364 g/mol. The minimum absolute atomic E-state index is 0.0695. The summed E-state index contributed by atoms with van der Waals surface area (Å²) in [6.07, 6.45) is 1.23. The number of hydrogen-bond donors (Lipinski definition) is 0. The highest BCUT2D eigenvalue weighted by atomic mass is 35.5. The van der Waals surface area contributed by atoms with Crippen LogP contribution in [0.3, 0.4) is 0 Å². The molecule has 130 valence electrons. The number of imidazole rings is 1. The second-order valence-electron chi connectivity index (χ2n) is 5.11. The van der Waals surface area contributed by atoms with E-state index < -0.39 is 4.92 Å². The molecule has 3 aromatic rings. The van der Waals surface area contributed by atoms with E-state index in [-0.39, 0.29) is 19.0 Å². The summed E-state index contributed by atoms with van der Waals surface area (Å²) in [6, 6.07) is 7.14. The van der Waals surface area contributed by atoms with Crippen LogP contribution >= 0.6 is 11.6 Å². The molecule has 2 aromatic heterocycles. The second kappa shape index (κ2) is 7.41. The molecular weight excluding hydrogens is 350 g/mol. The topological polar surface area (TPSA) is 109 Å². The normalized spacial score (nSPS) is 11.0. The van der Waals surface area contributed by atoms with Gasteiger partial charge in [-0.2, -0.15) is 0 Å². The van der Waals surface area contributed by atoms with E-state index >= 15 is 0 Å². The number of halogens is 1. The number of ether oxygens (including phenoxy) is 1. The third kappa shape index (κ3) is 3.83. The van der Waals surface area contributed by atoms with Gasteiger partial charge >= 0.3 is 5.82 Å². The highest BCUT2D eigenvalue weighted by Crippen LogP contribution is 2.26. The lowest BCUT2D eigenvalue weighted by molar-refractivity contribution is -0.392. The monoisotopic (exact) mass is 363 g/mol.